The van der Waals surface area contributed by atoms with Crippen molar-refractivity contribution in [2.45, 2.75) is 51.0 Å². The Kier molecular flexibility index (Phi) is 10.1. The van der Waals surface area contributed by atoms with E-state index in [1.807, 2.05) is 6.26 Å². The number of unbranched alkanes of at least 4 members (excludes halogenated alkanes) is 2. The lowest BCUT2D eigenvalue weighted by Crippen LogP contribution is -2.41. The molecule has 1 amide bonds. The molecule has 0 bridgehead atoms. The number of nitrogens with two attached hydrogens (primary N) is 1. The van der Waals surface area contributed by atoms with Crippen LogP contribution in [0.25, 0.3) is 0 Å². The number of hydrogen-bond acceptors (Lipinski definition) is 4. The first-order valence-electron chi connectivity index (χ1n) is 7.98. The van der Waals surface area contributed by atoms with Crippen LogP contribution in [-0.2, 0) is 4.79 Å². The molecule has 5 heteroatoms. The Labute approximate surface area is 128 Å². The van der Waals surface area contributed by atoms with Gasteiger partial charge < -0.3 is 16.0 Å². The van der Waals surface area contributed by atoms with Gasteiger partial charge in [0.2, 0.25) is 5.91 Å². The van der Waals surface area contributed by atoms with Gasteiger partial charge in [0.15, 0.2) is 0 Å². The smallest absolute Gasteiger partial charge is 0.236 e. The Balaban J connectivity index is 1.91. The van der Waals surface area contributed by atoms with Crippen molar-refractivity contribution in [2.75, 3.05) is 38.2 Å². The van der Waals surface area contributed by atoms with Crippen LogP contribution in [0, 0.1) is 0 Å². The minimum atomic E-state index is -0.337. The first-order valence-corrected chi connectivity index (χ1v) is 9.38. The van der Waals surface area contributed by atoms with Gasteiger partial charge in [-0.1, -0.05) is 12.8 Å². The summed E-state index contributed by atoms with van der Waals surface area (Å²) in [6, 6.07) is -0.337. The summed E-state index contributed by atoms with van der Waals surface area (Å²) in [7, 11) is 0. The first kappa shape index (κ1) is 17.8. The molecule has 1 atom stereocenters. The fourth-order valence-electron chi connectivity index (χ4n) is 2.54. The summed E-state index contributed by atoms with van der Waals surface area (Å²) in [5.74, 6) is 0.958. The van der Waals surface area contributed by atoms with Crippen LogP contribution in [-0.4, -0.2) is 55.0 Å². The molecular weight excluding hydrogens is 270 g/mol. The number of carbonyl (C=O) groups is 1. The highest BCUT2D eigenvalue weighted by Crippen LogP contribution is 2.09. The third kappa shape index (κ3) is 8.12. The average Bonchev–Trinajstić information content (AvgIpc) is 2.49. The third-order valence-electron chi connectivity index (χ3n) is 3.87. The molecule has 0 spiro atoms. The number of hydrogen-bond donors (Lipinski definition) is 2. The summed E-state index contributed by atoms with van der Waals surface area (Å²) in [6.45, 7) is 4.55. The predicted molar refractivity (Wildman–Crippen MR) is 88.1 cm³/mol. The lowest BCUT2D eigenvalue weighted by Gasteiger charge is -2.26. The maximum atomic E-state index is 11.7. The van der Waals surface area contributed by atoms with Crippen molar-refractivity contribution in [1.29, 1.82) is 0 Å². The summed E-state index contributed by atoms with van der Waals surface area (Å²) in [5, 5.41) is 2.94. The second kappa shape index (κ2) is 11.4. The van der Waals surface area contributed by atoms with Gasteiger partial charge in [0.05, 0.1) is 6.04 Å². The van der Waals surface area contributed by atoms with Gasteiger partial charge in [-0.2, -0.15) is 11.8 Å². The molecule has 0 radical (unpaired) electrons. The normalized spacial score (nSPS) is 17.9. The van der Waals surface area contributed by atoms with Crippen molar-refractivity contribution in [2.24, 2.45) is 5.73 Å². The quantitative estimate of drug-likeness (QED) is 0.605. The number of nitrogens with one attached hydrogen (secondary N) is 1. The minimum Gasteiger partial charge on any atom is -0.355 e. The van der Waals surface area contributed by atoms with Gasteiger partial charge in [-0.25, -0.2) is 0 Å². The number of rotatable bonds is 10. The number of nitrogens with zero attached hydrogens (tertiary/aromatic N) is 1. The van der Waals surface area contributed by atoms with Crippen molar-refractivity contribution < 1.29 is 4.79 Å². The van der Waals surface area contributed by atoms with Crippen LogP contribution in [0.3, 0.4) is 0 Å². The standard InChI is InChI=1S/C15H31N3OS/c1-20-13-8-14(16)15(19)17-9-4-2-5-10-18-11-6-3-7-12-18/h14H,2-13,16H2,1H3,(H,17,19)/t14-/m0/s1. The molecule has 0 aliphatic carbocycles. The Morgan fingerprint density at radius 2 is 2.00 bits per heavy atom. The molecule has 1 fully saturated rings. The summed E-state index contributed by atoms with van der Waals surface area (Å²) < 4.78 is 0. The summed E-state index contributed by atoms with van der Waals surface area (Å²) >= 11 is 1.73. The summed E-state index contributed by atoms with van der Waals surface area (Å²) in [4.78, 5) is 14.2. The van der Waals surface area contributed by atoms with Gasteiger partial charge in [-0.15, -0.1) is 0 Å². The van der Waals surface area contributed by atoms with Crippen LogP contribution in [0.2, 0.25) is 0 Å². The van der Waals surface area contributed by atoms with Crippen LogP contribution in [0.1, 0.15) is 44.9 Å². The molecule has 3 N–H and O–H groups in total. The van der Waals surface area contributed by atoms with Crippen molar-refractivity contribution in [3.05, 3.63) is 0 Å². The topological polar surface area (TPSA) is 58.4 Å². The largest absolute Gasteiger partial charge is 0.355 e. The fourth-order valence-corrected chi connectivity index (χ4v) is 3.03. The number of piperidine rings is 1. The van der Waals surface area contributed by atoms with Gasteiger partial charge in [-0.05, 0) is 63.7 Å². The Morgan fingerprint density at radius 3 is 2.70 bits per heavy atom. The van der Waals surface area contributed by atoms with E-state index in [9.17, 15) is 4.79 Å². The van der Waals surface area contributed by atoms with Crippen molar-refractivity contribution in [3.8, 4) is 0 Å². The van der Waals surface area contributed by atoms with Crippen LogP contribution < -0.4 is 11.1 Å². The molecule has 1 aliphatic rings. The molecule has 1 heterocycles. The van der Waals surface area contributed by atoms with E-state index in [2.05, 4.69) is 10.2 Å². The zero-order valence-electron chi connectivity index (χ0n) is 12.9. The van der Waals surface area contributed by atoms with Gasteiger partial charge in [0.25, 0.3) is 0 Å². The van der Waals surface area contributed by atoms with Crippen LogP contribution in [0.5, 0.6) is 0 Å². The molecule has 1 aliphatic heterocycles. The first-order chi connectivity index (χ1) is 9.74. The molecule has 0 aromatic carbocycles. The van der Waals surface area contributed by atoms with Crippen LogP contribution in [0.4, 0.5) is 0 Å². The predicted octanol–water partition coefficient (Wildman–Crippen LogP) is 1.84. The Bertz CT molecular complexity index is 258. The summed E-state index contributed by atoms with van der Waals surface area (Å²) in [6.07, 6.45) is 10.4. The van der Waals surface area contributed by atoms with Crippen LogP contribution >= 0.6 is 11.8 Å². The van der Waals surface area contributed by atoms with Crippen molar-refractivity contribution in [1.82, 2.24) is 10.2 Å². The molecule has 0 saturated carbocycles. The highest BCUT2D eigenvalue weighted by molar-refractivity contribution is 7.98. The second-order valence-electron chi connectivity index (χ2n) is 5.64. The lowest BCUT2D eigenvalue weighted by atomic mass is 10.1. The molecule has 0 unspecified atom stereocenters. The van der Waals surface area contributed by atoms with Crippen molar-refractivity contribution >= 4 is 17.7 Å². The number of carbonyl (C=O) groups excluding carboxylic acids is 1. The van der Waals surface area contributed by atoms with Crippen molar-refractivity contribution in [3.63, 3.8) is 0 Å². The number of likely N-dealkylation sites (tertiary alicyclic amines) is 1. The van der Waals surface area contributed by atoms with E-state index in [0.29, 0.717) is 0 Å². The molecular formula is C15H31N3OS. The Hall–Kier alpha value is -0.260. The number of thioether (sulfide) groups is 1. The molecule has 1 saturated heterocycles. The van der Waals surface area contributed by atoms with E-state index < -0.39 is 0 Å². The van der Waals surface area contributed by atoms with E-state index in [1.165, 1.54) is 51.7 Å². The number of amides is 1. The van der Waals surface area contributed by atoms with E-state index in [-0.39, 0.29) is 11.9 Å². The fraction of sp³-hybridized carbons (Fsp3) is 0.933. The van der Waals surface area contributed by atoms with E-state index in [0.717, 1.165) is 25.1 Å². The average molecular weight is 302 g/mol. The molecule has 4 nitrogen and oxygen atoms in total. The van der Waals surface area contributed by atoms with Gasteiger partial charge in [0.1, 0.15) is 0 Å². The highest BCUT2D eigenvalue weighted by Gasteiger charge is 2.12. The third-order valence-corrected chi connectivity index (χ3v) is 4.51. The van der Waals surface area contributed by atoms with E-state index in [1.54, 1.807) is 11.8 Å². The monoisotopic (exact) mass is 301 g/mol. The summed E-state index contributed by atoms with van der Waals surface area (Å²) in [5.41, 5.74) is 5.81. The second-order valence-corrected chi connectivity index (χ2v) is 6.63. The maximum absolute atomic E-state index is 11.7. The minimum absolute atomic E-state index is 0.00933. The van der Waals surface area contributed by atoms with Crippen LogP contribution in [0.15, 0.2) is 0 Å². The maximum Gasteiger partial charge on any atom is 0.236 e. The van der Waals surface area contributed by atoms with E-state index in [4.69, 9.17) is 5.73 Å². The van der Waals surface area contributed by atoms with Gasteiger partial charge in [-0.3, -0.25) is 4.79 Å². The molecule has 118 valence electrons. The highest BCUT2D eigenvalue weighted by atomic mass is 32.2. The molecule has 0 aromatic heterocycles. The SMILES string of the molecule is CSCC[C@H](N)C(=O)NCCCCCN1CCCCC1. The zero-order chi connectivity index (χ0) is 14.6. The molecule has 1 rings (SSSR count). The van der Waals surface area contributed by atoms with Gasteiger partial charge in [0, 0.05) is 6.54 Å². The molecule has 0 aromatic rings. The van der Waals surface area contributed by atoms with E-state index >= 15 is 0 Å². The lowest BCUT2D eigenvalue weighted by molar-refractivity contribution is -0.122. The zero-order valence-corrected chi connectivity index (χ0v) is 13.7. The Morgan fingerprint density at radius 1 is 1.25 bits per heavy atom. The van der Waals surface area contributed by atoms with Gasteiger partial charge >= 0.3 is 0 Å². The molecule has 20 heavy (non-hydrogen) atoms.